The van der Waals surface area contributed by atoms with Gasteiger partial charge >= 0.3 is 0 Å². The van der Waals surface area contributed by atoms with Gasteiger partial charge in [-0.15, -0.1) is 0 Å². The number of nitrogens with zero attached hydrogens (tertiary/aromatic N) is 1. The van der Waals surface area contributed by atoms with Gasteiger partial charge in [0, 0.05) is 17.5 Å². The van der Waals surface area contributed by atoms with Crippen molar-refractivity contribution >= 4 is 5.69 Å². The fraction of sp³-hybridized carbons (Fsp3) is 0.333. The summed E-state index contributed by atoms with van der Waals surface area (Å²) in [6.45, 7) is 6.58. The van der Waals surface area contributed by atoms with Crippen LogP contribution in [0.25, 0.3) is 0 Å². The van der Waals surface area contributed by atoms with Crippen molar-refractivity contribution in [1.29, 1.82) is 0 Å². The Bertz CT molecular complexity index is 706. The van der Waals surface area contributed by atoms with Crippen molar-refractivity contribution in [2.24, 2.45) is 0 Å². The monoisotopic (exact) mass is 281 g/mol. The number of hydrogen-bond acceptors (Lipinski definition) is 2. The van der Waals surface area contributed by atoms with Crippen LogP contribution in [0, 0.1) is 10.1 Å². The molecule has 0 aromatic heterocycles. The van der Waals surface area contributed by atoms with Crippen LogP contribution in [0.3, 0.4) is 0 Å². The van der Waals surface area contributed by atoms with Gasteiger partial charge in [0.15, 0.2) is 0 Å². The number of nitro benzene ring substituents is 1. The third kappa shape index (κ3) is 2.04. The minimum absolute atomic E-state index is 0.0635. The van der Waals surface area contributed by atoms with Crippen LogP contribution in [0.15, 0.2) is 48.5 Å². The van der Waals surface area contributed by atoms with Gasteiger partial charge in [0.1, 0.15) is 0 Å². The van der Waals surface area contributed by atoms with Gasteiger partial charge in [-0.3, -0.25) is 10.1 Å². The minimum atomic E-state index is -0.311. The highest BCUT2D eigenvalue weighted by Crippen LogP contribution is 2.53. The van der Waals surface area contributed by atoms with Crippen LogP contribution < -0.4 is 0 Å². The SMILES string of the molecule is CC1(C)CC(C)(c2ccccc2)c2ccc([N+](=O)[O-])cc21. The number of rotatable bonds is 2. The fourth-order valence-electron chi connectivity index (χ4n) is 3.82. The summed E-state index contributed by atoms with van der Waals surface area (Å²) in [5.74, 6) is 0. The Labute approximate surface area is 124 Å². The Kier molecular flexibility index (Phi) is 2.90. The third-order valence-corrected chi connectivity index (χ3v) is 4.74. The number of benzene rings is 2. The molecule has 0 amide bonds. The second kappa shape index (κ2) is 4.42. The first-order valence-corrected chi connectivity index (χ1v) is 7.19. The highest BCUT2D eigenvalue weighted by Gasteiger charge is 2.46. The first-order chi connectivity index (χ1) is 9.84. The second-order valence-electron chi connectivity index (χ2n) is 6.75. The minimum Gasteiger partial charge on any atom is -0.258 e. The smallest absolute Gasteiger partial charge is 0.258 e. The predicted octanol–water partition coefficient (Wildman–Crippen LogP) is 4.58. The van der Waals surface area contributed by atoms with Crippen LogP contribution in [0.5, 0.6) is 0 Å². The molecule has 1 unspecified atom stereocenters. The van der Waals surface area contributed by atoms with Crippen molar-refractivity contribution < 1.29 is 4.92 Å². The summed E-state index contributed by atoms with van der Waals surface area (Å²) < 4.78 is 0. The van der Waals surface area contributed by atoms with E-state index < -0.39 is 0 Å². The zero-order valence-corrected chi connectivity index (χ0v) is 12.6. The van der Waals surface area contributed by atoms with Crippen molar-refractivity contribution in [2.75, 3.05) is 0 Å². The standard InChI is InChI=1S/C18H19NO2/c1-17(2)12-18(3,13-7-5-4-6-8-13)15-10-9-14(19(20)21)11-16(15)17/h4-11H,12H2,1-3H3. The average Bonchev–Trinajstić information content (AvgIpc) is 2.67. The molecule has 2 aromatic carbocycles. The summed E-state index contributed by atoms with van der Waals surface area (Å²) in [5.41, 5.74) is 3.61. The van der Waals surface area contributed by atoms with Crippen LogP contribution in [-0.4, -0.2) is 4.92 Å². The lowest BCUT2D eigenvalue weighted by atomic mass is 9.75. The average molecular weight is 281 g/mol. The zero-order valence-electron chi connectivity index (χ0n) is 12.6. The molecule has 0 aliphatic heterocycles. The maximum atomic E-state index is 11.0. The van der Waals surface area contributed by atoms with E-state index in [1.165, 1.54) is 11.1 Å². The van der Waals surface area contributed by atoms with Crippen molar-refractivity contribution in [1.82, 2.24) is 0 Å². The van der Waals surface area contributed by atoms with Crippen LogP contribution in [0.2, 0.25) is 0 Å². The van der Waals surface area contributed by atoms with Crippen molar-refractivity contribution in [2.45, 2.75) is 38.0 Å². The van der Waals surface area contributed by atoms with E-state index in [1.807, 2.05) is 12.1 Å². The second-order valence-corrected chi connectivity index (χ2v) is 6.75. The Morgan fingerprint density at radius 2 is 1.67 bits per heavy atom. The van der Waals surface area contributed by atoms with Gasteiger partial charge in [-0.05, 0) is 28.5 Å². The van der Waals surface area contributed by atoms with Crippen molar-refractivity contribution in [3.8, 4) is 0 Å². The Balaban J connectivity index is 2.21. The van der Waals surface area contributed by atoms with E-state index >= 15 is 0 Å². The lowest BCUT2D eigenvalue weighted by Gasteiger charge is -2.28. The predicted molar refractivity (Wildman–Crippen MR) is 83.6 cm³/mol. The van der Waals surface area contributed by atoms with E-state index in [9.17, 15) is 10.1 Å². The van der Waals surface area contributed by atoms with Gasteiger partial charge in [0.05, 0.1) is 4.92 Å². The molecule has 0 bridgehead atoms. The van der Waals surface area contributed by atoms with Gasteiger partial charge < -0.3 is 0 Å². The Morgan fingerprint density at radius 3 is 2.29 bits per heavy atom. The van der Waals surface area contributed by atoms with Crippen molar-refractivity contribution in [3.63, 3.8) is 0 Å². The van der Waals surface area contributed by atoms with E-state index in [2.05, 4.69) is 45.0 Å². The molecule has 3 nitrogen and oxygen atoms in total. The molecule has 0 radical (unpaired) electrons. The first kappa shape index (κ1) is 13.8. The fourth-order valence-corrected chi connectivity index (χ4v) is 3.82. The molecular weight excluding hydrogens is 262 g/mol. The van der Waals surface area contributed by atoms with Gasteiger partial charge in [-0.25, -0.2) is 0 Å². The van der Waals surface area contributed by atoms with Crippen LogP contribution in [-0.2, 0) is 10.8 Å². The highest BCUT2D eigenvalue weighted by molar-refractivity contribution is 5.55. The molecule has 21 heavy (non-hydrogen) atoms. The van der Waals surface area contributed by atoms with Crippen LogP contribution in [0.4, 0.5) is 5.69 Å². The van der Waals surface area contributed by atoms with Crippen molar-refractivity contribution in [3.05, 3.63) is 75.3 Å². The Hall–Kier alpha value is -2.16. The van der Waals surface area contributed by atoms with Gasteiger partial charge in [-0.1, -0.05) is 57.2 Å². The summed E-state index contributed by atoms with van der Waals surface area (Å²) in [4.78, 5) is 10.7. The molecule has 0 N–H and O–H groups in total. The summed E-state index contributed by atoms with van der Waals surface area (Å²) in [6, 6.07) is 15.7. The molecule has 0 fully saturated rings. The first-order valence-electron chi connectivity index (χ1n) is 7.19. The number of hydrogen-bond donors (Lipinski definition) is 0. The number of nitro groups is 1. The molecule has 0 saturated carbocycles. The lowest BCUT2D eigenvalue weighted by molar-refractivity contribution is -0.385. The molecule has 1 aliphatic rings. The number of non-ortho nitro benzene ring substituents is 1. The molecule has 0 heterocycles. The normalized spacial score (nSPS) is 22.8. The molecule has 108 valence electrons. The quantitative estimate of drug-likeness (QED) is 0.597. The summed E-state index contributed by atoms with van der Waals surface area (Å²) in [6.07, 6.45) is 0.959. The third-order valence-electron chi connectivity index (χ3n) is 4.74. The molecular formula is C18H19NO2. The molecule has 3 rings (SSSR count). The van der Waals surface area contributed by atoms with E-state index in [1.54, 1.807) is 12.1 Å². The van der Waals surface area contributed by atoms with E-state index in [0.29, 0.717) is 0 Å². The van der Waals surface area contributed by atoms with E-state index in [4.69, 9.17) is 0 Å². The van der Waals surface area contributed by atoms with Crippen LogP contribution in [0.1, 0.15) is 43.9 Å². The maximum Gasteiger partial charge on any atom is 0.269 e. The van der Waals surface area contributed by atoms with Gasteiger partial charge in [0.2, 0.25) is 0 Å². The van der Waals surface area contributed by atoms with Crippen LogP contribution >= 0.6 is 0 Å². The molecule has 2 aromatic rings. The molecule has 1 atom stereocenters. The topological polar surface area (TPSA) is 43.1 Å². The summed E-state index contributed by atoms with van der Waals surface area (Å²) >= 11 is 0. The highest BCUT2D eigenvalue weighted by atomic mass is 16.6. The molecule has 0 saturated heterocycles. The Morgan fingerprint density at radius 1 is 1.00 bits per heavy atom. The molecule has 3 heteroatoms. The summed E-state index contributed by atoms with van der Waals surface area (Å²) in [7, 11) is 0. The maximum absolute atomic E-state index is 11.0. The summed E-state index contributed by atoms with van der Waals surface area (Å²) in [5, 5.41) is 11.0. The van der Waals surface area contributed by atoms with E-state index in [-0.39, 0.29) is 21.4 Å². The molecule has 1 aliphatic carbocycles. The largest absolute Gasteiger partial charge is 0.269 e. The zero-order chi connectivity index (χ0) is 15.3. The van der Waals surface area contributed by atoms with Gasteiger partial charge in [-0.2, -0.15) is 0 Å². The number of fused-ring (bicyclic) bond motifs is 1. The van der Waals surface area contributed by atoms with E-state index in [0.717, 1.165) is 12.0 Å². The lowest BCUT2D eigenvalue weighted by Crippen LogP contribution is -2.23. The molecule has 0 spiro atoms. The van der Waals surface area contributed by atoms with Gasteiger partial charge in [0.25, 0.3) is 5.69 Å².